The number of rotatable bonds is 3. The Bertz CT molecular complexity index is 345. The lowest BCUT2D eigenvalue weighted by Crippen LogP contribution is -2.22. The van der Waals surface area contributed by atoms with E-state index in [1.165, 1.54) is 0 Å². The summed E-state index contributed by atoms with van der Waals surface area (Å²) in [5.41, 5.74) is 7.74. The van der Waals surface area contributed by atoms with Gasteiger partial charge in [-0.25, -0.2) is 0 Å². The monoisotopic (exact) mass is 192 g/mol. The van der Waals surface area contributed by atoms with Gasteiger partial charge in [0.25, 0.3) is 0 Å². The Balaban J connectivity index is 2.04. The number of nitrogens with two attached hydrogens (primary N) is 1. The van der Waals surface area contributed by atoms with Gasteiger partial charge >= 0.3 is 0 Å². The number of hydrogen-bond donors (Lipinski definition) is 2. The zero-order chi connectivity index (χ0) is 10.2. The van der Waals surface area contributed by atoms with Gasteiger partial charge in [-0.3, -0.25) is 4.98 Å². The molecule has 0 radical (unpaired) electrons. The quantitative estimate of drug-likeness (QED) is 0.763. The molecule has 1 heterocycles. The average Bonchev–Trinajstić information content (AvgIpc) is 2.87. The highest BCUT2D eigenvalue weighted by Gasteiger charge is 2.37. The largest absolute Gasteiger partial charge is 0.506 e. The van der Waals surface area contributed by atoms with Gasteiger partial charge in [-0.1, -0.05) is 0 Å². The van der Waals surface area contributed by atoms with E-state index >= 15 is 0 Å². The number of aromatic nitrogens is 1. The van der Waals surface area contributed by atoms with Crippen LogP contribution in [-0.2, 0) is 6.42 Å². The molecule has 0 saturated heterocycles. The molecule has 76 valence electrons. The Kier molecular flexibility index (Phi) is 2.19. The summed E-state index contributed by atoms with van der Waals surface area (Å²) >= 11 is 0. The SMILES string of the molecule is Cc1ccc(O)c(CCC2(N)CC2)n1. The number of nitrogens with zero attached hydrogens (tertiary/aromatic N) is 1. The van der Waals surface area contributed by atoms with E-state index in [4.69, 9.17) is 5.73 Å². The molecule has 1 aliphatic rings. The lowest BCUT2D eigenvalue weighted by molar-refractivity contribution is 0.459. The third-order valence-corrected chi connectivity index (χ3v) is 2.84. The molecule has 14 heavy (non-hydrogen) atoms. The molecule has 1 aromatic rings. The summed E-state index contributed by atoms with van der Waals surface area (Å²) < 4.78 is 0. The highest BCUT2D eigenvalue weighted by molar-refractivity contribution is 5.28. The Labute approximate surface area is 84.0 Å². The first-order chi connectivity index (χ1) is 6.59. The van der Waals surface area contributed by atoms with Crippen molar-refractivity contribution < 1.29 is 5.11 Å². The third kappa shape index (κ3) is 2.04. The second-order valence-corrected chi connectivity index (χ2v) is 4.28. The highest BCUT2D eigenvalue weighted by Crippen LogP contribution is 2.37. The molecule has 0 spiro atoms. The summed E-state index contributed by atoms with van der Waals surface area (Å²) in [6.45, 7) is 1.93. The number of hydrogen-bond acceptors (Lipinski definition) is 3. The maximum Gasteiger partial charge on any atom is 0.137 e. The van der Waals surface area contributed by atoms with Gasteiger partial charge in [0.2, 0.25) is 0 Å². The van der Waals surface area contributed by atoms with Crippen molar-refractivity contribution in [3.05, 3.63) is 23.5 Å². The van der Waals surface area contributed by atoms with Crippen LogP contribution in [0.3, 0.4) is 0 Å². The summed E-state index contributed by atoms with van der Waals surface area (Å²) in [5.74, 6) is 0.292. The summed E-state index contributed by atoms with van der Waals surface area (Å²) in [6.07, 6.45) is 3.93. The van der Waals surface area contributed by atoms with Crippen LogP contribution >= 0.6 is 0 Å². The molecular weight excluding hydrogens is 176 g/mol. The molecule has 1 fully saturated rings. The van der Waals surface area contributed by atoms with E-state index < -0.39 is 0 Å². The van der Waals surface area contributed by atoms with Gasteiger partial charge in [-0.2, -0.15) is 0 Å². The summed E-state index contributed by atoms with van der Waals surface area (Å²) in [7, 11) is 0. The van der Waals surface area contributed by atoms with Gasteiger partial charge in [0.15, 0.2) is 0 Å². The summed E-state index contributed by atoms with van der Waals surface area (Å²) in [5, 5.41) is 9.55. The molecule has 0 amide bonds. The molecule has 1 aromatic heterocycles. The maximum atomic E-state index is 9.55. The fraction of sp³-hybridized carbons (Fsp3) is 0.545. The van der Waals surface area contributed by atoms with Gasteiger partial charge in [0, 0.05) is 11.2 Å². The van der Waals surface area contributed by atoms with E-state index in [0.717, 1.165) is 37.1 Å². The zero-order valence-corrected chi connectivity index (χ0v) is 8.45. The van der Waals surface area contributed by atoms with E-state index in [9.17, 15) is 5.11 Å². The van der Waals surface area contributed by atoms with Crippen LogP contribution in [0.1, 0.15) is 30.7 Å². The second-order valence-electron chi connectivity index (χ2n) is 4.28. The number of pyridine rings is 1. The van der Waals surface area contributed by atoms with Crippen LogP contribution in [0.5, 0.6) is 5.75 Å². The van der Waals surface area contributed by atoms with Gasteiger partial charge in [-0.15, -0.1) is 0 Å². The highest BCUT2D eigenvalue weighted by atomic mass is 16.3. The first kappa shape index (κ1) is 9.46. The van der Waals surface area contributed by atoms with Crippen molar-refractivity contribution in [2.75, 3.05) is 0 Å². The second kappa shape index (κ2) is 3.24. The first-order valence-electron chi connectivity index (χ1n) is 5.03. The molecule has 0 unspecified atom stereocenters. The molecule has 1 saturated carbocycles. The van der Waals surface area contributed by atoms with Crippen molar-refractivity contribution in [1.29, 1.82) is 0 Å². The Morgan fingerprint density at radius 3 is 2.86 bits per heavy atom. The standard InChI is InChI=1S/C11H16N2O/c1-8-2-3-10(14)9(13-8)4-5-11(12)6-7-11/h2-3,14H,4-7,12H2,1H3. The minimum absolute atomic E-state index is 0.0395. The molecule has 3 N–H and O–H groups in total. The third-order valence-electron chi connectivity index (χ3n) is 2.84. The van der Waals surface area contributed by atoms with Crippen molar-refractivity contribution in [2.24, 2.45) is 5.73 Å². The van der Waals surface area contributed by atoms with Crippen molar-refractivity contribution in [3.8, 4) is 5.75 Å². The number of aromatic hydroxyl groups is 1. The van der Waals surface area contributed by atoms with Crippen LogP contribution < -0.4 is 5.73 Å². The van der Waals surface area contributed by atoms with Crippen LogP contribution in [0.2, 0.25) is 0 Å². The fourth-order valence-corrected chi connectivity index (χ4v) is 1.57. The van der Waals surface area contributed by atoms with Crippen LogP contribution in [0.4, 0.5) is 0 Å². The van der Waals surface area contributed by atoms with E-state index in [1.807, 2.05) is 13.0 Å². The van der Waals surface area contributed by atoms with Gasteiger partial charge in [0.1, 0.15) is 5.75 Å². The maximum absolute atomic E-state index is 9.55. The number of aryl methyl sites for hydroxylation is 2. The van der Waals surface area contributed by atoms with E-state index in [2.05, 4.69) is 4.98 Å². The molecule has 0 aliphatic heterocycles. The smallest absolute Gasteiger partial charge is 0.137 e. The van der Waals surface area contributed by atoms with E-state index in [0.29, 0.717) is 5.75 Å². The predicted molar refractivity (Wildman–Crippen MR) is 55.1 cm³/mol. The molecular formula is C11H16N2O. The molecule has 3 nitrogen and oxygen atoms in total. The minimum atomic E-state index is 0.0395. The molecule has 0 atom stereocenters. The molecule has 0 aromatic carbocycles. The Hall–Kier alpha value is -1.09. The zero-order valence-electron chi connectivity index (χ0n) is 8.45. The Morgan fingerprint density at radius 2 is 2.21 bits per heavy atom. The molecule has 3 heteroatoms. The predicted octanol–water partition coefficient (Wildman–Crippen LogP) is 1.52. The van der Waals surface area contributed by atoms with Crippen LogP contribution in [0, 0.1) is 6.92 Å². The fourth-order valence-electron chi connectivity index (χ4n) is 1.57. The van der Waals surface area contributed by atoms with Gasteiger partial charge in [-0.05, 0) is 44.7 Å². The lowest BCUT2D eigenvalue weighted by Gasteiger charge is -2.09. The lowest BCUT2D eigenvalue weighted by atomic mass is 10.1. The van der Waals surface area contributed by atoms with Crippen LogP contribution in [0.15, 0.2) is 12.1 Å². The minimum Gasteiger partial charge on any atom is -0.506 e. The Morgan fingerprint density at radius 1 is 1.50 bits per heavy atom. The van der Waals surface area contributed by atoms with E-state index in [1.54, 1.807) is 6.07 Å². The molecule has 2 rings (SSSR count). The van der Waals surface area contributed by atoms with Crippen LogP contribution in [-0.4, -0.2) is 15.6 Å². The molecule has 0 bridgehead atoms. The van der Waals surface area contributed by atoms with E-state index in [-0.39, 0.29) is 5.54 Å². The first-order valence-corrected chi connectivity index (χ1v) is 5.03. The molecule has 1 aliphatic carbocycles. The van der Waals surface area contributed by atoms with Crippen molar-refractivity contribution in [2.45, 2.75) is 38.1 Å². The van der Waals surface area contributed by atoms with Gasteiger partial charge < -0.3 is 10.8 Å². The van der Waals surface area contributed by atoms with Crippen molar-refractivity contribution >= 4 is 0 Å². The normalized spacial score (nSPS) is 18.1. The van der Waals surface area contributed by atoms with Gasteiger partial charge in [0.05, 0.1) is 5.69 Å². The van der Waals surface area contributed by atoms with Crippen molar-refractivity contribution in [3.63, 3.8) is 0 Å². The summed E-state index contributed by atoms with van der Waals surface area (Å²) in [4.78, 5) is 4.30. The average molecular weight is 192 g/mol. The topological polar surface area (TPSA) is 59.1 Å². The van der Waals surface area contributed by atoms with Crippen LogP contribution in [0.25, 0.3) is 0 Å². The summed E-state index contributed by atoms with van der Waals surface area (Å²) in [6, 6.07) is 3.52. The van der Waals surface area contributed by atoms with Crippen molar-refractivity contribution in [1.82, 2.24) is 4.98 Å².